The number of anilines is 2. The molecule has 0 aliphatic rings. The summed E-state index contributed by atoms with van der Waals surface area (Å²) in [5.41, 5.74) is 4.95. The first-order valence-electron chi connectivity index (χ1n) is 8.95. The predicted octanol–water partition coefficient (Wildman–Crippen LogP) is 1.96. The van der Waals surface area contributed by atoms with Crippen molar-refractivity contribution in [1.29, 1.82) is 0 Å². The van der Waals surface area contributed by atoms with Crippen LogP contribution in [0.1, 0.15) is 23.6 Å². The van der Waals surface area contributed by atoms with E-state index in [0.717, 1.165) is 39.4 Å². The van der Waals surface area contributed by atoms with Crippen LogP contribution in [0.25, 0.3) is 0 Å². The van der Waals surface area contributed by atoms with Crippen LogP contribution in [0.15, 0.2) is 42.5 Å². The first kappa shape index (κ1) is 19.7. The number of amides is 2. The van der Waals surface area contributed by atoms with Crippen LogP contribution in [0.2, 0.25) is 0 Å². The zero-order chi connectivity index (χ0) is 19.1. The van der Waals surface area contributed by atoms with E-state index in [4.69, 9.17) is 0 Å². The average Bonchev–Trinajstić information content (AvgIpc) is 2.57. The summed E-state index contributed by atoms with van der Waals surface area (Å²) in [5.74, 6) is -0.195. The van der Waals surface area contributed by atoms with Gasteiger partial charge in [0, 0.05) is 11.4 Å². The number of quaternary nitrogens is 1. The molecule has 0 aliphatic heterocycles. The van der Waals surface area contributed by atoms with Crippen LogP contribution >= 0.6 is 0 Å². The Bertz CT molecular complexity index is 787. The molecule has 1 atom stereocenters. The standard InChI is InChI=1S/C21H27N3O2/c1-5-17-8-6-7-9-19(17)23-21(26)14-24(4)13-20(25)22-18-11-10-15(2)12-16(18)3/h6-12H,5,13-14H2,1-4H3,(H,22,25)(H,23,26)/p+1. The van der Waals surface area contributed by atoms with Gasteiger partial charge in [-0.05, 0) is 43.5 Å². The molecule has 0 fully saturated rings. The zero-order valence-corrected chi connectivity index (χ0v) is 16.0. The Balaban J connectivity index is 1.86. The second kappa shape index (κ2) is 9.15. The van der Waals surface area contributed by atoms with Gasteiger partial charge in [0.1, 0.15) is 0 Å². The number of likely N-dealkylation sites (N-methyl/N-ethyl adjacent to an activating group) is 1. The van der Waals surface area contributed by atoms with Crippen molar-refractivity contribution >= 4 is 23.2 Å². The lowest BCUT2D eigenvalue weighted by Gasteiger charge is -2.15. The molecule has 2 amide bonds. The van der Waals surface area contributed by atoms with Crippen LogP contribution in [0, 0.1) is 13.8 Å². The number of aryl methyl sites for hydroxylation is 3. The molecule has 5 heteroatoms. The Labute approximate surface area is 155 Å². The molecule has 0 heterocycles. The smallest absolute Gasteiger partial charge is 0.279 e. The van der Waals surface area contributed by atoms with Crippen molar-refractivity contribution in [3.8, 4) is 0 Å². The van der Waals surface area contributed by atoms with Crippen molar-refractivity contribution in [2.24, 2.45) is 0 Å². The number of rotatable bonds is 7. The van der Waals surface area contributed by atoms with E-state index in [2.05, 4.69) is 17.6 Å². The van der Waals surface area contributed by atoms with Crippen LogP contribution in [0.4, 0.5) is 11.4 Å². The Hall–Kier alpha value is -2.66. The maximum Gasteiger partial charge on any atom is 0.279 e. The van der Waals surface area contributed by atoms with Gasteiger partial charge in [-0.25, -0.2) is 0 Å². The summed E-state index contributed by atoms with van der Waals surface area (Å²) in [6, 6.07) is 13.7. The van der Waals surface area contributed by atoms with E-state index in [-0.39, 0.29) is 24.9 Å². The van der Waals surface area contributed by atoms with Crippen molar-refractivity contribution in [1.82, 2.24) is 0 Å². The first-order valence-corrected chi connectivity index (χ1v) is 8.95. The molecule has 3 N–H and O–H groups in total. The van der Waals surface area contributed by atoms with Gasteiger partial charge in [0.05, 0.1) is 7.05 Å². The van der Waals surface area contributed by atoms with Gasteiger partial charge in [0.25, 0.3) is 11.8 Å². The second-order valence-electron chi connectivity index (χ2n) is 6.74. The van der Waals surface area contributed by atoms with Gasteiger partial charge in [-0.15, -0.1) is 0 Å². The average molecular weight is 354 g/mol. The van der Waals surface area contributed by atoms with Gasteiger partial charge in [-0.2, -0.15) is 0 Å². The molecule has 2 rings (SSSR count). The molecule has 0 bridgehead atoms. The molecule has 0 aliphatic carbocycles. The highest BCUT2D eigenvalue weighted by molar-refractivity contribution is 5.93. The molecule has 1 unspecified atom stereocenters. The lowest BCUT2D eigenvalue weighted by Crippen LogP contribution is -3.11. The quantitative estimate of drug-likeness (QED) is 0.712. The Morgan fingerprint density at radius 1 is 0.923 bits per heavy atom. The van der Waals surface area contributed by atoms with E-state index in [1.807, 2.05) is 63.4 Å². The maximum absolute atomic E-state index is 12.3. The third-order valence-corrected chi connectivity index (χ3v) is 4.25. The van der Waals surface area contributed by atoms with Crippen molar-refractivity contribution in [3.63, 3.8) is 0 Å². The van der Waals surface area contributed by atoms with Gasteiger partial charge in [0.2, 0.25) is 0 Å². The van der Waals surface area contributed by atoms with Crippen LogP contribution in [0.3, 0.4) is 0 Å². The summed E-state index contributed by atoms with van der Waals surface area (Å²) in [6.07, 6.45) is 0.859. The van der Waals surface area contributed by atoms with Gasteiger partial charge in [0.15, 0.2) is 13.1 Å². The van der Waals surface area contributed by atoms with Crippen molar-refractivity contribution in [2.75, 3.05) is 30.8 Å². The monoisotopic (exact) mass is 354 g/mol. The van der Waals surface area contributed by atoms with E-state index in [9.17, 15) is 9.59 Å². The fraction of sp³-hybridized carbons (Fsp3) is 0.333. The van der Waals surface area contributed by atoms with Crippen LogP contribution in [-0.2, 0) is 16.0 Å². The third kappa shape index (κ3) is 5.70. The highest BCUT2D eigenvalue weighted by Crippen LogP contribution is 2.16. The number of hydrogen-bond donors (Lipinski definition) is 3. The summed E-state index contributed by atoms with van der Waals surface area (Å²) in [6.45, 7) is 6.51. The van der Waals surface area contributed by atoms with Crippen LogP contribution in [0.5, 0.6) is 0 Å². The molecule has 0 saturated carbocycles. The normalized spacial score (nSPS) is 11.7. The number of benzene rings is 2. The van der Waals surface area contributed by atoms with E-state index >= 15 is 0 Å². The molecule has 138 valence electrons. The van der Waals surface area contributed by atoms with Crippen molar-refractivity contribution in [2.45, 2.75) is 27.2 Å². The Morgan fingerprint density at radius 2 is 1.54 bits per heavy atom. The Kier molecular flexibility index (Phi) is 6.92. The highest BCUT2D eigenvalue weighted by atomic mass is 16.2. The zero-order valence-electron chi connectivity index (χ0n) is 16.0. The number of para-hydroxylation sites is 1. The maximum atomic E-state index is 12.3. The molecular formula is C21H28N3O2+. The number of carbonyl (C=O) groups excluding carboxylic acids is 2. The minimum Gasteiger partial charge on any atom is -0.322 e. The third-order valence-electron chi connectivity index (χ3n) is 4.25. The lowest BCUT2D eigenvalue weighted by molar-refractivity contribution is -0.862. The van der Waals surface area contributed by atoms with Crippen LogP contribution < -0.4 is 15.5 Å². The first-order chi connectivity index (χ1) is 12.4. The van der Waals surface area contributed by atoms with E-state index in [1.165, 1.54) is 0 Å². The highest BCUT2D eigenvalue weighted by Gasteiger charge is 2.15. The van der Waals surface area contributed by atoms with Gasteiger partial charge in [-0.1, -0.05) is 42.8 Å². The molecule has 0 aromatic heterocycles. The summed E-state index contributed by atoms with van der Waals surface area (Å²) < 4.78 is 0. The van der Waals surface area contributed by atoms with Crippen LogP contribution in [-0.4, -0.2) is 32.0 Å². The van der Waals surface area contributed by atoms with Crippen molar-refractivity contribution < 1.29 is 14.5 Å². The molecule has 2 aromatic carbocycles. The number of nitrogens with one attached hydrogen (secondary N) is 3. The van der Waals surface area contributed by atoms with E-state index in [0.29, 0.717) is 0 Å². The topological polar surface area (TPSA) is 62.6 Å². The molecule has 0 saturated heterocycles. The SMILES string of the molecule is CCc1ccccc1NC(=O)C[NH+](C)CC(=O)Nc1ccc(C)cc1C. The van der Waals surface area contributed by atoms with Gasteiger partial charge in [-0.3, -0.25) is 9.59 Å². The summed E-state index contributed by atoms with van der Waals surface area (Å²) in [4.78, 5) is 25.3. The summed E-state index contributed by atoms with van der Waals surface area (Å²) in [5, 5.41) is 5.86. The molecule has 5 nitrogen and oxygen atoms in total. The molecule has 2 aromatic rings. The number of hydrogen-bond acceptors (Lipinski definition) is 2. The Morgan fingerprint density at radius 3 is 2.15 bits per heavy atom. The summed E-state index contributed by atoms with van der Waals surface area (Å²) >= 11 is 0. The van der Waals surface area contributed by atoms with E-state index in [1.54, 1.807) is 0 Å². The summed E-state index contributed by atoms with van der Waals surface area (Å²) in [7, 11) is 1.84. The molecule has 0 spiro atoms. The largest absolute Gasteiger partial charge is 0.322 e. The minimum atomic E-state index is -0.101. The molecule has 26 heavy (non-hydrogen) atoms. The second-order valence-corrected chi connectivity index (χ2v) is 6.74. The van der Waals surface area contributed by atoms with Gasteiger partial charge < -0.3 is 15.5 Å². The molecule has 0 radical (unpaired) electrons. The van der Waals surface area contributed by atoms with E-state index < -0.39 is 0 Å². The molecular weight excluding hydrogens is 326 g/mol. The minimum absolute atomic E-state index is 0.0947. The van der Waals surface area contributed by atoms with Gasteiger partial charge >= 0.3 is 0 Å². The predicted molar refractivity (Wildman–Crippen MR) is 106 cm³/mol. The van der Waals surface area contributed by atoms with Crippen molar-refractivity contribution in [3.05, 3.63) is 59.2 Å². The lowest BCUT2D eigenvalue weighted by atomic mass is 10.1. The fourth-order valence-electron chi connectivity index (χ4n) is 2.90. The number of carbonyl (C=O) groups is 2. The fourth-order valence-corrected chi connectivity index (χ4v) is 2.90.